The Hall–Kier alpha value is -2.10. The smallest absolute Gasteiger partial charge is 0.126 e. The molecule has 4 nitrogen and oxygen atoms in total. The van der Waals surface area contributed by atoms with Gasteiger partial charge in [0, 0.05) is 24.2 Å². The third kappa shape index (κ3) is 2.46. The summed E-state index contributed by atoms with van der Waals surface area (Å²) in [5.41, 5.74) is 8.64. The molecule has 1 aromatic carbocycles. The molecule has 0 radical (unpaired) electrons. The van der Waals surface area contributed by atoms with Gasteiger partial charge in [-0.05, 0) is 31.7 Å². The van der Waals surface area contributed by atoms with Crippen molar-refractivity contribution in [3.8, 4) is 0 Å². The summed E-state index contributed by atoms with van der Waals surface area (Å²) in [5.74, 6) is 0.101. The molecule has 21 heavy (non-hydrogen) atoms. The maximum atomic E-state index is 7.90. The highest BCUT2D eigenvalue weighted by atomic mass is 15.2. The van der Waals surface area contributed by atoms with Gasteiger partial charge in [0.2, 0.25) is 0 Å². The van der Waals surface area contributed by atoms with E-state index in [2.05, 4.69) is 22.9 Å². The summed E-state index contributed by atoms with van der Waals surface area (Å²) in [4.78, 5) is 6.91. The Morgan fingerprint density at radius 3 is 2.95 bits per heavy atom. The molecule has 4 heteroatoms. The lowest BCUT2D eigenvalue weighted by molar-refractivity contribution is 0.450. The van der Waals surface area contributed by atoms with Crippen LogP contribution in [0.3, 0.4) is 0 Å². The molecule has 0 aliphatic carbocycles. The van der Waals surface area contributed by atoms with E-state index in [4.69, 9.17) is 11.1 Å². The molecule has 110 valence electrons. The maximum absolute atomic E-state index is 7.90. The second-order valence-corrected chi connectivity index (χ2v) is 5.70. The Kier molecular flexibility index (Phi) is 3.78. The lowest BCUT2D eigenvalue weighted by Crippen LogP contribution is -2.40. The van der Waals surface area contributed by atoms with Crippen molar-refractivity contribution in [2.24, 2.45) is 5.73 Å². The summed E-state index contributed by atoms with van der Waals surface area (Å²) in [7, 11) is 0. The number of hydrogen-bond acceptors (Lipinski definition) is 3. The van der Waals surface area contributed by atoms with Crippen LogP contribution in [0.25, 0.3) is 10.9 Å². The zero-order chi connectivity index (χ0) is 14.8. The van der Waals surface area contributed by atoms with Crippen molar-refractivity contribution in [3.05, 3.63) is 36.0 Å². The molecule has 1 fully saturated rings. The Morgan fingerprint density at radius 2 is 2.19 bits per heavy atom. The lowest BCUT2D eigenvalue weighted by atomic mass is 9.96. The molecule has 2 aromatic rings. The third-order valence-electron chi connectivity index (χ3n) is 4.42. The highest BCUT2D eigenvalue weighted by Crippen LogP contribution is 2.34. The van der Waals surface area contributed by atoms with Crippen LogP contribution in [0.5, 0.6) is 0 Å². The summed E-state index contributed by atoms with van der Waals surface area (Å²) >= 11 is 0. The van der Waals surface area contributed by atoms with Crippen LogP contribution in [0.1, 0.15) is 38.2 Å². The quantitative estimate of drug-likeness (QED) is 0.670. The summed E-state index contributed by atoms with van der Waals surface area (Å²) in [6.07, 6.45) is 6.57. The molecule has 1 aliphatic rings. The van der Waals surface area contributed by atoms with Crippen LogP contribution in [0, 0.1) is 5.41 Å². The average molecular weight is 282 g/mol. The summed E-state index contributed by atoms with van der Waals surface area (Å²) in [5, 5.41) is 9.01. The van der Waals surface area contributed by atoms with Gasteiger partial charge < -0.3 is 10.6 Å². The lowest BCUT2D eigenvalue weighted by Gasteiger charge is -2.38. The second-order valence-electron chi connectivity index (χ2n) is 5.70. The molecule has 1 atom stereocenters. The van der Waals surface area contributed by atoms with Crippen molar-refractivity contribution in [1.82, 2.24) is 4.98 Å². The van der Waals surface area contributed by atoms with E-state index in [1.807, 2.05) is 18.2 Å². The molecule has 3 N–H and O–H groups in total. The number of piperidine rings is 1. The van der Waals surface area contributed by atoms with Gasteiger partial charge in [-0.3, -0.25) is 10.4 Å². The molecular weight excluding hydrogens is 260 g/mol. The predicted octanol–water partition coefficient (Wildman–Crippen LogP) is 3.29. The predicted molar refractivity (Wildman–Crippen MR) is 88.0 cm³/mol. The first-order valence-electron chi connectivity index (χ1n) is 7.71. The molecule has 0 spiro atoms. The number of pyridine rings is 1. The number of nitrogens with zero attached hydrogens (tertiary/aromatic N) is 2. The fourth-order valence-electron chi connectivity index (χ4n) is 3.35. The normalized spacial score (nSPS) is 18.9. The van der Waals surface area contributed by atoms with E-state index in [0.29, 0.717) is 6.04 Å². The molecule has 2 heterocycles. The monoisotopic (exact) mass is 282 g/mol. The number of aromatic nitrogens is 1. The van der Waals surface area contributed by atoms with Crippen molar-refractivity contribution < 1.29 is 0 Å². The van der Waals surface area contributed by atoms with E-state index < -0.39 is 0 Å². The highest BCUT2D eigenvalue weighted by molar-refractivity contribution is 6.07. The van der Waals surface area contributed by atoms with E-state index in [9.17, 15) is 0 Å². The van der Waals surface area contributed by atoms with E-state index in [0.717, 1.165) is 35.1 Å². The van der Waals surface area contributed by atoms with Crippen LogP contribution < -0.4 is 10.6 Å². The van der Waals surface area contributed by atoms with Gasteiger partial charge in [0.25, 0.3) is 0 Å². The first kappa shape index (κ1) is 13.9. The summed E-state index contributed by atoms with van der Waals surface area (Å²) < 4.78 is 0. The highest BCUT2D eigenvalue weighted by Gasteiger charge is 2.25. The zero-order valence-electron chi connectivity index (χ0n) is 12.5. The molecular formula is C17H22N4. The van der Waals surface area contributed by atoms with E-state index in [-0.39, 0.29) is 5.84 Å². The number of para-hydroxylation sites is 1. The minimum Gasteiger partial charge on any atom is -0.384 e. The number of amidine groups is 1. The number of nitrogens with one attached hydrogen (secondary N) is 1. The third-order valence-corrected chi connectivity index (χ3v) is 4.42. The maximum Gasteiger partial charge on any atom is 0.126 e. The number of hydrogen-bond donors (Lipinski definition) is 2. The minimum atomic E-state index is 0.101. The van der Waals surface area contributed by atoms with Gasteiger partial charge in [0.15, 0.2) is 0 Å². The zero-order valence-corrected chi connectivity index (χ0v) is 12.5. The van der Waals surface area contributed by atoms with Crippen molar-refractivity contribution >= 4 is 22.4 Å². The van der Waals surface area contributed by atoms with Crippen molar-refractivity contribution in [1.29, 1.82) is 5.41 Å². The van der Waals surface area contributed by atoms with Gasteiger partial charge in [-0.25, -0.2) is 0 Å². The molecule has 1 aromatic heterocycles. The Bertz CT molecular complexity index is 665. The van der Waals surface area contributed by atoms with Crippen LogP contribution in [-0.4, -0.2) is 23.4 Å². The second kappa shape index (κ2) is 5.72. The Balaban J connectivity index is 2.22. The van der Waals surface area contributed by atoms with Crippen molar-refractivity contribution in [3.63, 3.8) is 0 Å². The van der Waals surface area contributed by atoms with Crippen LogP contribution >= 0.6 is 0 Å². The van der Waals surface area contributed by atoms with Gasteiger partial charge in [0.05, 0.1) is 16.8 Å². The van der Waals surface area contributed by atoms with Crippen molar-refractivity contribution in [2.45, 2.75) is 38.6 Å². The van der Waals surface area contributed by atoms with E-state index >= 15 is 0 Å². The van der Waals surface area contributed by atoms with Crippen LogP contribution in [0.15, 0.2) is 30.5 Å². The Morgan fingerprint density at radius 1 is 1.38 bits per heavy atom. The molecule has 1 unspecified atom stereocenters. The van der Waals surface area contributed by atoms with Gasteiger partial charge in [0.1, 0.15) is 5.84 Å². The van der Waals surface area contributed by atoms with Crippen LogP contribution in [-0.2, 0) is 0 Å². The largest absolute Gasteiger partial charge is 0.384 e. The standard InChI is InChI=1S/C17H22N4/c1-2-12-7-5-6-10-21(12)16-13-8-3-4-9-15(13)20-11-14(16)17(18)19/h3-4,8-9,11-12H,2,5-7,10H2,1H3,(H3,18,19). The van der Waals surface area contributed by atoms with Crippen molar-refractivity contribution in [2.75, 3.05) is 11.4 Å². The van der Waals surface area contributed by atoms with Crippen LogP contribution in [0.4, 0.5) is 5.69 Å². The first-order chi connectivity index (χ1) is 10.2. The number of anilines is 1. The average Bonchev–Trinajstić information content (AvgIpc) is 2.53. The minimum absolute atomic E-state index is 0.101. The molecule has 0 saturated carbocycles. The van der Waals surface area contributed by atoms with Crippen LogP contribution in [0.2, 0.25) is 0 Å². The number of benzene rings is 1. The summed E-state index contributed by atoms with van der Waals surface area (Å²) in [6.45, 7) is 3.27. The van der Waals surface area contributed by atoms with E-state index in [1.165, 1.54) is 19.3 Å². The van der Waals surface area contributed by atoms with E-state index in [1.54, 1.807) is 6.20 Å². The summed E-state index contributed by atoms with van der Waals surface area (Å²) in [6, 6.07) is 8.67. The Labute approximate surface area is 125 Å². The molecule has 0 amide bonds. The molecule has 3 rings (SSSR count). The number of rotatable bonds is 3. The number of nitrogen functional groups attached to an aromatic ring is 1. The van der Waals surface area contributed by atoms with Gasteiger partial charge >= 0.3 is 0 Å². The van der Waals surface area contributed by atoms with Gasteiger partial charge in [-0.1, -0.05) is 25.1 Å². The number of nitrogens with two attached hydrogens (primary N) is 1. The SMILES string of the molecule is CCC1CCCCN1c1c(C(=N)N)cnc2ccccc12. The topological polar surface area (TPSA) is 66.0 Å². The van der Waals surface area contributed by atoms with Gasteiger partial charge in [-0.2, -0.15) is 0 Å². The molecule has 1 saturated heterocycles. The fourth-order valence-corrected chi connectivity index (χ4v) is 3.35. The van der Waals surface area contributed by atoms with Gasteiger partial charge in [-0.15, -0.1) is 0 Å². The number of fused-ring (bicyclic) bond motifs is 1. The fraction of sp³-hybridized carbons (Fsp3) is 0.412. The molecule has 1 aliphatic heterocycles. The molecule has 0 bridgehead atoms. The first-order valence-corrected chi connectivity index (χ1v) is 7.71.